The summed E-state index contributed by atoms with van der Waals surface area (Å²) in [6.07, 6.45) is 8.28. The summed E-state index contributed by atoms with van der Waals surface area (Å²) in [5.74, 6) is 0. The van der Waals surface area contributed by atoms with Crippen LogP contribution in [-0.4, -0.2) is 23.1 Å². The van der Waals surface area contributed by atoms with Gasteiger partial charge in [0.25, 0.3) is 0 Å². The van der Waals surface area contributed by atoms with Gasteiger partial charge in [0.05, 0.1) is 11.9 Å². The Morgan fingerprint density at radius 1 is 1.36 bits per heavy atom. The molecule has 0 radical (unpaired) electrons. The second-order valence-corrected chi connectivity index (χ2v) is 3.66. The van der Waals surface area contributed by atoms with Gasteiger partial charge in [-0.2, -0.15) is 0 Å². The molecular weight excluding hydrogens is 174 g/mol. The Hall–Kier alpha value is -1.51. The van der Waals surface area contributed by atoms with E-state index < -0.39 is 0 Å². The lowest BCUT2D eigenvalue weighted by Gasteiger charge is -2.27. The third-order valence-corrected chi connectivity index (χ3v) is 2.74. The van der Waals surface area contributed by atoms with Crippen LogP contribution in [0.4, 0.5) is 5.69 Å². The summed E-state index contributed by atoms with van der Waals surface area (Å²) < 4.78 is 0. The number of anilines is 1. The summed E-state index contributed by atoms with van der Waals surface area (Å²) in [5.41, 5.74) is 2.44. The molecule has 1 aliphatic rings. The molecule has 0 fully saturated rings. The highest BCUT2D eigenvalue weighted by molar-refractivity contribution is 5.55. The van der Waals surface area contributed by atoms with E-state index in [1.54, 1.807) is 0 Å². The minimum atomic E-state index is 0.373. The molecule has 0 aliphatic carbocycles. The molecule has 1 aromatic rings. The summed E-state index contributed by atoms with van der Waals surface area (Å²) >= 11 is 0. The van der Waals surface area contributed by atoms with Crippen LogP contribution in [0.1, 0.15) is 12.5 Å². The Morgan fingerprint density at radius 2 is 2.14 bits per heavy atom. The molecule has 2 heterocycles. The smallest absolute Gasteiger partial charge is 0.102 e. The van der Waals surface area contributed by atoms with E-state index in [9.17, 15) is 0 Å². The molecule has 0 bridgehead atoms. The second kappa shape index (κ2) is 3.33. The van der Waals surface area contributed by atoms with Crippen molar-refractivity contribution in [2.75, 3.05) is 11.9 Å². The number of aryl methyl sites for hydroxylation is 1. The van der Waals surface area contributed by atoms with Crippen LogP contribution in [0.5, 0.6) is 0 Å². The molecule has 3 nitrogen and oxygen atoms in total. The molecule has 0 N–H and O–H groups in total. The molecule has 74 valence electrons. The van der Waals surface area contributed by atoms with Crippen molar-refractivity contribution in [3.63, 3.8) is 0 Å². The lowest BCUT2D eigenvalue weighted by atomic mass is 10.2. The zero-order chi connectivity index (χ0) is 10.1. The first kappa shape index (κ1) is 9.06. The van der Waals surface area contributed by atoms with Gasteiger partial charge in [-0.1, -0.05) is 0 Å². The van der Waals surface area contributed by atoms with Gasteiger partial charge in [0, 0.05) is 25.6 Å². The van der Waals surface area contributed by atoms with Gasteiger partial charge in [-0.15, -0.1) is 0 Å². The fourth-order valence-electron chi connectivity index (χ4n) is 1.63. The Kier molecular flexibility index (Phi) is 2.15. The zero-order valence-corrected chi connectivity index (χ0v) is 8.81. The first-order valence-electron chi connectivity index (χ1n) is 4.79. The molecule has 0 unspecified atom stereocenters. The van der Waals surface area contributed by atoms with E-state index >= 15 is 0 Å². The van der Waals surface area contributed by atoms with Gasteiger partial charge in [-0.3, -0.25) is 4.98 Å². The van der Waals surface area contributed by atoms with E-state index in [1.165, 1.54) is 11.3 Å². The molecule has 0 saturated carbocycles. The first-order valence-corrected chi connectivity index (χ1v) is 4.79. The van der Waals surface area contributed by atoms with Crippen LogP contribution in [0.2, 0.25) is 0 Å². The third-order valence-electron chi connectivity index (χ3n) is 2.74. The number of pyridine rings is 1. The van der Waals surface area contributed by atoms with Gasteiger partial charge in [0.1, 0.15) is 6.17 Å². The summed E-state index contributed by atoms with van der Waals surface area (Å²) in [5, 5.41) is 0. The summed E-state index contributed by atoms with van der Waals surface area (Å²) in [6.45, 7) is 4.28. The fourth-order valence-corrected chi connectivity index (χ4v) is 1.63. The maximum atomic E-state index is 4.16. The average Bonchev–Trinajstić information content (AvgIpc) is 2.49. The van der Waals surface area contributed by atoms with Crippen molar-refractivity contribution < 1.29 is 0 Å². The van der Waals surface area contributed by atoms with Crippen molar-refractivity contribution in [3.05, 3.63) is 36.4 Å². The summed E-state index contributed by atoms with van der Waals surface area (Å²) in [4.78, 5) is 8.55. The van der Waals surface area contributed by atoms with Crippen LogP contribution in [0.25, 0.3) is 0 Å². The van der Waals surface area contributed by atoms with Crippen molar-refractivity contribution >= 4 is 5.69 Å². The Bertz CT molecular complexity index is 359. The topological polar surface area (TPSA) is 19.4 Å². The normalized spacial score (nSPS) is 20.6. The highest BCUT2D eigenvalue weighted by Crippen LogP contribution is 2.25. The van der Waals surface area contributed by atoms with Crippen LogP contribution in [-0.2, 0) is 0 Å². The summed E-state index contributed by atoms with van der Waals surface area (Å²) in [7, 11) is 2.08. The highest BCUT2D eigenvalue weighted by atomic mass is 15.4. The molecule has 0 amide bonds. The minimum absolute atomic E-state index is 0.373. The minimum Gasteiger partial charge on any atom is -0.359 e. The van der Waals surface area contributed by atoms with Crippen molar-refractivity contribution in [2.45, 2.75) is 20.0 Å². The molecule has 1 aliphatic heterocycles. The quantitative estimate of drug-likeness (QED) is 0.673. The third kappa shape index (κ3) is 1.35. The lowest BCUT2D eigenvalue weighted by molar-refractivity contribution is 0.383. The molecule has 1 aromatic heterocycles. The van der Waals surface area contributed by atoms with Crippen molar-refractivity contribution in [1.29, 1.82) is 0 Å². The SMILES string of the molecule is Cc1ccncc1N1C=CN(C)[C@@H]1C. The predicted molar refractivity (Wildman–Crippen MR) is 57.8 cm³/mol. The molecule has 0 spiro atoms. The van der Waals surface area contributed by atoms with Crippen LogP contribution < -0.4 is 4.90 Å². The summed E-state index contributed by atoms with van der Waals surface area (Å²) in [6, 6.07) is 2.04. The standard InChI is InChI=1S/C11H15N3/c1-9-4-5-12-8-11(9)14-7-6-13(3)10(14)2/h4-8,10H,1-3H3/t10-/m0/s1. The predicted octanol–water partition coefficient (Wildman–Crippen LogP) is 1.96. The first-order chi connectivity index (χ1) is 6.70. The van der Waals surface area contributed by atoms with E-state index in [4.69, 9.17) is 0 Å². The fraction of sp³-hybridized carbons (Fsp3) is 0.364. The molecule has 0 aromatic carbocycles. The van der Waals surface area contributed by atoms with Gasteiger partial charge in [0.15, 0.2) is 0 Å². The van der Waals surface area contributed by atoms with Crippen LogP contribution in [0, 0.1) is 6.92 Å². The van der Waals surface area contributed by atoms with Gasteiger partial charge in [0.2, 0.25) is 0 Å². The number of nitrogens with zero attached hydrogens (tertiary/aromatic N) is 3. The van der Waals surface area contributed by atoms with Crippen LogP contribution in [0.3, 0.4) is 0 Å². The maximum absolute atomic E-state index is 4.16. The molecule has 14 heavy (non-hydrogen) atoms. The van der Waals surface area contributed by atoms with E-state index in [0.29, 0.717) is 6.17 Å². The number of hydrogen-bond donors (Lipinski definition) is 0. The Morgan fingerprint density at radius 3 is 2.71 bits per heavy atom. The number of aromatic nitrogens is 1. The maximum Gasteiger partial charge on any atom is 0.102 e. The number of rotatable bonds is 1. The monoisotopic (exact) mass is 189 g/mol. The second-order valence-electron chi connectivity index (χ2n) is 3.66. The zero-order valence-electron chi connectivity index (χ0n) is 8.81. The van der Waals surface area contributed by atoms with E-state index in [0.717, 1.165) is 0 Å². The molecular formula is C11H15N3. The average molecular weight is 189 g/mol. The molecule has 1 atom stereocenters. The van der Waals surface area contributed by atoms with Crippen molar-refractivity contribution in [1.82, 2.24) is 9.88 Å². The van der Waals surface area contributed by atoms with Gasteiger partial charge >= 0.3 is 0 Å². The molecule has 3 heteroatoms. The van der Waals surface area contributed by atoms with Crippen molar-refractivity contribution in [3.8, 4) is 0 Å². The van der Waals surface area contributed by atoms with Crippen LogP contribution >= 0.6 is 0 Å². The lowest BCUT2D eigenvalue weighted by Crippen LogP contribution is -2.33. The van der Waals surface area contributed by atoms with E-state index in [2.05, 4.69) is 48.1 Å². The highest BCUT2D eigenvalue weighted by Gasteiger charge is 2.20. The van der Waals surface area contributed by atoms with E-state index in [1.807, 2.05) is 18.5 Å². The van der Waals surface area contributed by atoms with Gasteiger partial charge in [-0.05, 0) is 25.5 Å². The van der Waals surface area contributed by atoms with Gasteiger partial charge < -0.3 is 9.80 Å². The Labute approximate surface area is 84.7 Å². The number of hydrogen-bond acceptors (Lipinski definition) is 3. The van der Waals surface area contributed by atoms with E-state index in [-0.39, 0.29) is 0 Å². The van der Waals surface area contributed by atoms with Gasteiger partial charge in [-0.25, -0.2) is 0 Å². The molecule has 0 saturated heterocycles. The molecule has 2 rings (SSSR count). The van der Waals surface area contributed by atoms with Crippen molar-refractivity contribution in [2.24, 2.45) is 0 Å². The largest absolute Gasteiger partial charge is 0.359 e. The Balaban J connectivity index is 2.33. The van der Waals surface area contributed by atoms with Crippen LogP contribution in [0.15, 0.2) is 30.9 Å².